The van der Waals surface area contributed by atoms with E-state index in [9.17, 15) is 0 Å². The standard InChI is InChI=1S/C15H24N2O/c1-12(2)18-15-6-4-5-13(9-15)10-17-8-7-14(11-17)16-3/h4-6,9,12,14,16H,7-8,10-11H2,1-3H3. The van der Waals surface area contributed by atoms with Gasteiger partial charge in [-0.25, -0.2) is 0 Å². The number of rotatable bonds is 5. The fourth-order valence-electron chi connectivity index (χ4n) is 2.46. The highest BCUT2D eigenvalue weighted by Gasteiger charge is 2.20. The van der Waals surface area contributed by atoms with E-state index in [1.165, 1.54) is 18.5 Å². The number of hydrogen-bond donors (Lipinski definition) is 1. The van der Waals surface area contributed by atoms with E-state index in [-0.39, 0.29) is 6.10 Å². The second-order valence-electron chi connectivity index (χ2n) is 5.32. The van der Waals surface area contributed by atoms with Gasteiger partial charge in [-0.2, -0.15) is 0 Å². The molecular formula is C15H24N2O. The minimum atomic E-state index is 0.237. The number of benzene rings is 1. The van der Waals surface area contributed by atoms with Gasteiger partial charge in [-0.3, -0.25) is 4.90 Å². The van der Waals surface area contributed by atoms with Crippen molar-refractivity contribution in [2.45, 2.75) is 39.0 Å². The molecule has 1 aromatic rings. The quantitative estimate of drug-likeness (QED) is 0.865. The van der Waals surface area contributed by atoms with Crippen LogP contribution in [0.25, 0.3) is 0 Å². The highest BCUT2D eigenvalue weighted by atomic mass is 16.5. The van der Waals surface area contributed by atoms with Crippen molar-refractivity contribution in [2.24, 2.45) is 0 Å². The van der Waals surface area contributed by atoms with Gasteiger partial charge in [-0.15, -0.1) is 0 Å². The normalized spacial score (nSPS) is 20.6. The number of likely N-dealkylation sites (N-methyl/N-ethyl adjacent to an activating group) is 1. The lowest BCUT2D eigenvalue weighted by Gasteiger charge is -2.17. The summed E-state index contributed by atoms with van der Waals surface area (Å²) in [6.45, 7) is 7.47. The Balaban J connectivity index is 1.93. The molecule has 1 fully saturated rings. The van der Waals surface area contributed by atoms with Crippen LogP contribution in [0, 0.1) is 0 Å². The molecule has 0 aliphatic carbocycles. The molecule has 1 heterocycles. The van der Waals surface area contributed by atoms with E-state index in [0.29, 0.717) is 6.04 Å². The molecule has 1 N–H and O–H groups in total. The van der Waals surface area contributed by atoms with E-state index < -0.39 is 0 Å². The fraction of sp³-hybridized carbons (Fsp3) is 0.600. The molecule has 0 saturated carbocycles. The summed E-state index contributed by atoms with van der Waals surface area (Å²) in [5.74, 6) is 0.979. The van der Waals surface area contributed by atoms with Gasteiger partial charge in [-0.05, 0) is 45.0 Å². The summed E-state index contributed by atoms with van der Waals surface area (Å²) in [5, 5.41) is 3.35. The third-order valence-corrected chi connectivity index (χ3v) is 3.36. The zero-order chi connectivity index (χ0) is 13.0. The molecule has 18 heavy (non-hydrogen) atoms. The van der Waals surface area contributed by atoms with Crippen molar-refractivity contribution in [3.8, 4) is 5.75 Å². The number of likely N-dealkylation sites (tertiary alicyclic amines) is 1. The Morgan fingerprint density at radius 3 is 2.94 bits per heavy atom. The summed E-state index contributed by atoms with van der Waals surface area (Å²) in [7, 11) is 2.05. The molecule has 100 valence electrons. The number of nitrogens with one attached hydrogen (secondary N) is 1. The fourth-order valence-corrected chi connectivity index (χ4v) is 2.46. The van der Waals surface area contributed by atoms with Crippen molar-refractivity contribution in [3.05, 3.63) is 29.8 Å². The molecule has 3 nitrogen and oxygen atoms in total. The van der Waals surface area contributed by atoms with Gasteiger partial charge in [0.15, 0.2) is 0 Å². The minimum Gasteiger partial charge on any atom is -0.491 e. The van der Waals surface area contributed by atoms with E-state index in [1.807, 2.05) is 13.1 Å². The van der Waals surface area contributed by atoms with E-state index >= 15 is 0 Å². The SMILES string of the molecule is CNC1CCN(Cc2cccc(OC(C)C)c2)C1. The van der Waals surface area contributed by atoms with E-state index in [2.05, 4.69) is 42.3 Å². The number of ether oxygens (including phenoxy) is 1. The van der Waals surface area contributed by atoms with Gasteiger partial charge in [-0.1, -0.05) is 12.1 Å². The van der Waals surface area contributed by atoms with Crippen LogP contribution < -0.4 is 10.1 Å². The molecule has 0 radical (unpaired) electrons. The summed E-state index contributed by atoms with van der Waals surface area (Å²) in [6, 6.07) is 9.11. The maximum atomic E-state index is 5.73. The Morgan fingerprint density at radius 1 is 1.44 bits per heavy atom. The largest absolute Gasteiger partial charge is 0.491 e. The summed E-state index contributed by atoms with van der Waals surface area (Å²) >= 11 is 0. The minimum absolute atomic E-state index is 0.237. The third-order valence-electron chi connectivity index (χ3n) is 3.36. The lowest BCUT2D eigenvalue weighted by Crippen LogP contribution is -2.29. The van der Waals surface area contributed by atoms with E-state index in [0.717, 1.165) is 18.8 Å². The molecule has 3 heteroatoms. The first-order valence-electron chi connectivity index (χ1n) is 6.82. The van der Waals surface area contributed by atoms with Crippen LogP contribution in [-0.4, -0.2) is 37.2 Å². The number of nitrogens with zero attached hydrogens (tertiary/aromatic N) is 1. The summed E-state index contributed by atoms with van der Waals surface area (Å²) in [5.41, 5.74) is 1.34. The van der Waals surface area contributed by atoms with Crippen LogP contribution in [0.3, 0.4) is 0 Å². The van der Waals surface area contributed by atoms with Gasteiger partial charge in [0.25, 0.3) is 0 Å². The topological polar surface area (TPSA) is 24.5 Å². The molecule has 1 aromatic carbocycles. The van der Waals surface area contributed by atoms with Crippen molar-refractivity contribution < 1.29 is 4.74 Å². The van der Waals surface area contributed by atoms with Gasteiger partial charge < -0.3 is 10.1 Å². The van der Waals surface area contributed by atoms with Crippen LogP contribution >= 0.6 is 0 Å². The van der Waals surface area contributed by atoms with Crippen LogP contribution in [0.1, 0.15) is 25.8 Å². The predicted molar refractivity (Wildman–Crippen MR) is 74.9 cm³/mol. The van der Waals surface area contributed by atoms with Gasteiger partial charge in [0.05, 0.1) is 6.10 Å². The van der Waals surface area contributed by atoms with Crippen molar-refractivity contribution in [1.82, 2.24) is 10.2 Å². The Labute approximate surface area is 110 Å². The first-order chi connectivity index (χ1) is 8.67. The zero-order valence-corrected chi connectivity index (χ0v) is 11.6. The molecule has 0 aromatic heterocycles. The third kappa shape index (κ3) is 3.72. The van der Waals surface area contributed by atoms with Crippen molar-refractivity contribution >= 4 is 0 Å². The predicted octanol–water partition coefficient (Wildman–Crippen LogP) is 2.27. The highest BCUT2D eigenvalue weighted by molar-refractivity contribution is 5.28. The highest BCUT2D eigenvalue weighted by Crippen LogP contribution is 2.18. The van der Waals surface area contributed by atoms with Crippen LogP contribution in [0.4, 0.5) is 0 Å². The molecular weight excluding hydrogens is 224 g/mol. The molecule has 0 amide bonds. The van der Waals surface area contributed by atoms with Crippen LogP contribution in [-0.2, 0) is 6.54 Å². The molecule has 0 bridgehead atoms. The molecule has 1 saturated heterocycles. The molecule has 0 spiro atoms. The maximum Gasteiger partial charge on any atom is 0.120 e. The zero-order valence-electron chi connectivity index (χ0n) is 11.6. The second-order valence-corrected chi connectivity index (χ2v) is 5.32. The van der Waals surface area contributed by atoms with Crippen molar-refractivity contribution in [3.63, 3.8) is 0 Å². The monoisotopic (exact) mass is 248 g/mol. The smallest absolute Gasteiger partial charge is 0.120 e. The Kier molecular flexibility index (Phi) is 4.61. The van der Waals surface area contributed by atoms with Gasteiger partial charge >= 0.3 is 0 Å². The van der Waals surface area contributed by atoms with Crippen LogP contribution in [0.2, 0.25) is 0 Å². The summed E-state index contributed by atoms with van der Waals surface area (Å²) in [4.78, 5) is 2.50. The average molecular weight is 248 g/mol. The van der Waals surface area contributed by atoms with Gasteiger partial charge in [0.1, 0.15) is 5.75 Å². The molecule has 1 unspecified atom stereocenters. The summed E-state index contributed by atoms with van der Waals surface area (Å²) < 4.78 is 5.73. The molecule has 2 rings (SSSR count). The lowest BCUT2D eigenvalue weighted by molar-refractivity contribution is 0.241. The van der Waals surface area contributed by atoms with Crippen molar-refractivity contribution in [2.75, 3.05) is 20.1 Å². The Morgan fingerprint density at radius 2 is 2.28 bits per heavy atom. The van der Waals surface area contributed by atoms with Crippen molar-refractivity contribution in [1.29, 1.82) is 0 Å². The molecule has 1 aliphatic rings. The van der Waals surface area contributed by atoms with E-state index in [1.54, 1.807) is 0 Å². The van der Waals surface area contributed by atoms with Gasteiger partial charge in [0.2, 0.25) is 0 Å². The first-order valence-corrected chi connectivity index (χ1v) is 6.82. The first kappa shape index (κ1) is 13.4. The van der Waals surface area contributed by atoms with Crippen LogP contribution in [0.5, 0.6) is 5.75 Å². The second kappa shape index (κ2) is 6.21. The van der Waals surface area contributed by atoms with E-state index in [4.69, 9.17) is 4.74 Å². The van der Waals surface area contributed by atoms with Crippen LogP contribution in [0.15, 0.2) is 24.3 Å². The maximum absolute atomic E-state index is 5.73. The lowest BCUT2D eigenvalue weighted by atomic mass is 10.2. The Bertz CT molecular complexity index is 379. The number of hydrogen-bond acceptors (Lipinski definition) is 3. The average Bonchev–Trinajstić information content (AvgIpc) is 2.76. The van der Waals surface area contributed by atoms with Gasteiger partial charge in [0, 0.05) is 25.7 Å². The Hall–Kier alpha value is -1.06. The molecule has 1 aliphatic heterocycles. The summed E-state index contributed by atoms with van der Waals surface area (Å²) in [6.07, 6.45) is 1.49. The molecule has 1 atom stereocenters.